The van der Waals surface area contributed by atoms with Gasteiger partial charge >= 0.3 is 0 Å². The Labute approximate surface area is 178 Å². The van der Waals surface area contributed by atoms with E-state index in [0.717, 1.165) is 5.56 Å². The van der Waals surface area contributed by atoms with Crippen LogP contribution in [0.1, 0.15) is 43.1 Å². The van der Waals surface area contributed by atoms with E-state index in [-0.39, 0.29) is 16.9 Å². The first-order chi connectivity index (χ1) is 14.0. The van der Waals surface area contributed by atoms with E-state index in [4.69, 9.17) is 0 Å². The summed E-state index contributed by atoms with van der Waals surface area (Å²) in [6, 6.07) is 14.4. The van der Waals surface area contributed by atoms with Crippen molar-refractivity contribution in [3.8, 4) is 0 Å². The minimum absolute atomic E-state index is 0.0190. The van der Waals surface area contributed by atoms with Gasteiger partial charge < -0.3 is 10.6 Å². The summed E-state index contributed by atoms with van der Waals surface area (Å²) >= 11 is 0. The number of carbonyl (C=O) groups is 2. The van der Waals surface area contributed by atoms with Crippen molar-refractivity contribution in [3.63, 3.8) is 0 Å². The lowest BCUT2D eigenvalue weighted by atomic mass is 10.0. The quantitative estimate of drug-likeness (QED) is 0.596. The Balaban J connectivity index is 2.32. The molecule has 0 saturated heterocycles. The van der Waals surface area contributed by atoms with Crippen LogP contribution in [-0.2, 0) is 21.2 Å². The molecule has 0 aliphatic carbocycles. The standard InChI is InChI=1S/C22H29N3O4S/c1-22(2,3)24-21(27)18(15-14-16-10-6-5-7-11-16)25-30(28,29)19-13-9-8-12-17(19)20(26)23-4/h5-13,18,25H,14-15H2,1-4H3,(H,23,26)(H,24,27). The second-order valence-electron chi connectivity index (χ2n) is 8.01. The number of nitrogens with one attached hydrogen (secondary N) is 3. The average molecular weight is 432 g/mol. The predicted octanol–water partition coefficient (Wildman–Crippen LogP) is 2.24. The summed E-state index contributed by atoms with van der Waals surface area (Å²) < 4.78 is 28.7. The van der Waals surface area contributed by atoms with E-state index in [9.17, 15) is 18.0 Å². The lowest BCUT2D eigenvalue weighted by Crippen LogP contribution is -2.52. The molecule has 0 fully saturated rings. The topological polar surface area (TPSA) is 104 Å². The van der Waals surface area contributed by atoms with Gasteiger partial charge in [-0.1, -0.05) is 42.5 Å². The first kappa shape index (κ1) is 23.6. The number of benzene rings is 2. The maximum Gasteiger partial charge on any atom is 0.252 e. The highest BCUT2D eigenvalue weighted by molar-refractivity contribution is 7.89. The molecule has 2 aromatic rings. The van der Waals surface area contributed by atoms with Crippen molar-refractivity contribution < 1.29 is 18.0 Å². The molecule has 0 bridgehead atoms. The van der Waals surface area contributed by atoms with Crippen LogP contribution >= 0.6 is 0 Å². The second kappa shape index (κ2) is 9.86. The van der Waals surface area contributed by atoms with E-state index >= 15 is 0 Å². The van der Waals surface area contributed by atoms with Crippen LogP contribution in [0.25, 0.3) is 0 Å². The molecule has 0 radical (unpaired) electrons. The minimum Gasteiger partial charge on any atom is -0.355 e. The summed E-state index contributed by atoms with van der Waals surface area (Å²) in [6.45, 7) is 5.48. The molecule has 3 N–H and O–H groups in total. The normalized spacial score (nSPS) is 12.8. The van der Waals surface area contributed by atoms with Crippen molar-refractivity contribution in [1.82, 2.24) is 15.4 Å². The van der Waals surface area contributed by atoms with Crippen molar-refractivity contribution in [2.45, 2.75) is 50.1 Å². The largest absolute Gasteiger partial charge is 0.355 e. The number of hydrogen-bond donors (Lipinski definition) is 3. The molecule has 1 unspecified atom stereocenters. The van der Waals surface area contributed by atoms with Gasteiger partial charge in [-0.3, -0.25) is 9.59 Å². The lowest BCUT2D eigenvalue weighted by Gasteiger charge is -2.25. The molecule has 0 aliphatic heterocycles. The van der Waals surface area contributed by atoms with Crippen LogP contribution in [0.2, 0.25) is 0 Å². The van der Waals surface area contributed by atoms with Gasteiger partial charge in [-0.2, -0.15) is 4.72 Å². The van der Waals surface area contributed by atoms with Gasteiger partial charge in [0.05, 0.1) is 10.5 Å². The molecule has 30 heavy (non-hydrogen) atoms. The maximum absolute atomic E-state index is 13.1. The van der Waals surface area contributed by atoms with Gasteiger partial charge in [0.2, 0.25) is 15.9 Å². The third-order valence-electron chi connectivity index (χ3n) is 4.32. The Hall–Kier alpha value is -2.71. The summed E-state index contributed by atoms with van der Waals surface area (Å²) in [5.74, 6) is -0.935. The van der Waals surface area contributed by atoms with Gasteiger partial charge in [-0.15, -0.1) is 0 Å². The molecule has 0 aliphatic rings. The molecular weight excluding hydrogens is 402 g/mol. The Morgan fingerprint density at radius 3 is 2.17 bits per heavy atom. The first-order valence-corrected chi connectivity index (χ1v) is 11.2. The third-order valence-corrected chi connectivity index (χ3v) is 5.85. The monoisotopic (exact) mass is 431 g/mol. The first-order valence-electron chi connectivity index (χ1n) is 9.73. The molecule has 0 saturated carbocycles. The van der Waals surface area contributed by atoms with Gasteiger partial charge in [-0.05, 0) is 51.3 Å². The Morgan fingerprint density at radius 2 is 1.57 bits per heavy atom. The zero-order valence-corrected chi connectivity index (χ0v) is 18.5. The van der Waals surface area contributed by atoms with Gasteiger partial charge in [-0.25, -0.2) is 8.42 Å². The average Bonchev–Trinajstić information content (AvgIpc) is 2.70. The Bertz CT molecular complexity index is 983. The summed E-state index contributed by atoms with van der Waals surface area (Å²) in [4.78, 5) is 24.8. The van der Waals surface area contributed by atoms with Crippen LogP contribution in [0.3, 0.4) is 0 Å². The smallest absolute Gasteiger partial charge is 0.252 e. The van der Waals surface area contributed by atoms with Gasteiger partial charge in [0.25, 0.3) is 5.91 Å². The molecule has 0 spiro atoms. The second-order valence-corrected chi connectivity index (χ2v) is 9.70. The summed E-state index contributed by atoms with van der Waals surface area (Å²) in [5, 5.41) is 5.27. The molecule has 0 heterocycles. The zero-order valence-electron chi connectivity index (χ0n) is 17.7. The van der Waals surface area contributed by atoms with Gasteiger partial charge in [0.15, 0.2) is 0 Å². The molecular formula is C22H29N3O4S. The van der Waals surface area contributed by atoms with E-state index in [1.54, 1.807) is 6.07 Å². The number of aryl methyl sites for hydroxylation is 1. The van der Waals surface area contributed by atoms with Gasteiger partial charge in [0.1, 0.15) is 6.04 Å². The fourth-order valence-corrected chi connectivity index (χ4v) is 4.36. The van der Waals surface area contributed by atoms with Crippen molar-refractivity contribution in [2.75, 3.05) is 7.05 Å². The number of sulfonamides is 1. The summed E-state index contributed by atoms with van der Waals surface area (Å²) in [5.41, 5.74) is 0.495. The number of amides is 2. The predicted molar refractivity (Wildman–Crippen MR) is 117 cm³/mol. The van der Waals surface area contributed by atoms with Crippen LogP contribution < -0.4 is 15.4 Å². The Morgan fingerprint density at radius 1 is 0.967 bits per heavy atom. The van der Waals surface area contributed by atoms with Crippen molar-refractivity contribution >= 4 is 21.8 Å². The molecule has 8 heteroatoms. The molecule has 162 valence electrons. The Kier molecular flexibility index (Phi) is 7.75. The number of hydrogen-bond acceptors (Lipinski definition) is 4. The van der Waals surface area contributed by atoms with Crippen molar-refractivity contribution in [2.24, 2.45) is 0 Å². The van der Waals surface area contributed by atoms with Gasteiger partial charge in [0, 0.05) is 12.6 Å². The van der Waals surface area contributed by atoms with Crippen LogP contribution in [0.15, 0.2) is 59.5 Å². The van der Waals surface area contributed by atoms with Crippen LogP contribution in [0.4, 0.5) is 0 Å². The van der Waals surface area contributed by atoms with E-state index in [0.29, 0.717) is 6.42 Å². The van der Waals surface area contributed by atoms with Crippen molar-refractivity contribution in [1.29, 1.82) is 0 Å². The van der Waals surface area contributed by atoms with Crippen LogP contribution in [0, 0.1) is 0 Å². The molecule has 1 atom stereocenters. The zero-order chi connectivity index (χ0) is 22.4. The SMILES string of the molecule is CNC(=O)c1ccccc1S(=O)(=O)NC(CCc1ccccc1)C(=O)NC(C)(C)C. The van der Waals surface area contributed by atoms with E-state index in [1.165, 1.54) is 25.2 Å². The molecule has 2 aromatic carbocycles. The van der Waals surface area contributed by atoms with Crippen LogP contribution in [-0.4, -0.2) is 38.9 Å². The van der Waals surface area contributed by atoms with E-state index < -0.39 is 33.4 Å². The summed E-state index contributed by atoms with van der Waals surface area (Å²) in [6.07, 6.45) is 0.788. The molecule has 7 nitrogen and oxygen atoms in total. The summed E-state index contributed by atoms with van der Waals surface area (Å²) in [7, 11) is -2.69. The lowest BCUT2D eigenvalue weighted by molar-refractivity contribution is -0.124. The maximum atomic E-state index is 13.1. The highest BCUT2D eigenvalue weighted by Crippen LogP contribution is 2.17. The number of carbonyl (C=O) groups excluding carboxylic acids is 2. The molecule has 0 aromatic heterocycles. The van der Waals surface area contributed by atoms with Crippen molar-refractivity contribution in [3.05, 3.63) is 65.7 Å². The number of rotatable bonds is 8. The van der Waals surface area contributed by atoms with E-state index in [1.807, 2.05) is 51.1 Å². The molecule has 2 rings (SSSR count). The fourth-order valence-electron chi connectivity index (χ4n) is 2.93. The van der Waals surface area contributed by atoms with E-state index in [2.05, 4.69) is 15.4 Å². The minimum atomic E-state index is -4.12. The van der Waals surface area contributed by atoms with Crippen LogP contribution in [0.5, 0.6) is 0 Å². The third kappa shape index (κ3) is 6.67. The highest BCUT2D eigenvalue weighted by atomic mass is 32.2. The fraction of sp³-hybridized carbons (Fsp3) is 0.364. The molecule has 2 amide bonds. The highest BCUT2D eigenvalue weighted by Gasteiger charge is 2.30.